The van der Waals surface area contributed by atoms with E-state index in [9.17, 15) is 4.79 Å². The number of benzene rings is 1. The normalized spacial score (nSPS) is 17.9. The lowest BCUT2D eigenvalue weighted by molar-refractivity contribution is -0.121. The van der Waals surface area contributed by atoms with Crippen LogP contribution in [0.2, 0.25) is 0 Å². The van der Waals surface area contributed by atoms with Crippen LogP contribution in [0.1, 0.15) is 17.9 Å². The number of hydrogen-bond acceptors (Lipinski definition) is 4. The number of aryl methyl sites for hydroxylation is 1. The molecule has 21 heavy (non-hydrogen) atoms. The Kier molecular flexibility index (Phi) is 4.01. The maximum Gasteiger partial charge on any atom is 0.226 e. The van der Waals surface area contributed by atoms with Gasteiger partial charge in [-0.15, -0.1) is 0 Å². The topological polar surface area (TPSA) is 67.2 Å². The molecule has 0 bridgehead atoms. The molecule has 1 aliphatic heterocycles. The van der Waals surface area contributed by atoms with Crippen molar-refractivity contribution in [1.82, 2.24) is 15.6 Å². The second-order valence-corrected chi connectivity index (χ2v) is 5.32. The highest BCUT2D eigenvalue weighted by Crippen LogP contribution is 2.21. The van der Waals surface area contributed by atoms with Crippen molar-refractivity contribution in [2.75, 3.05) is 13.1 Å². The lowest BCUT2D eigenvalue weighted by Gasteiger charge is -2.10. The van der Waals surface area contributed by atoms with Crippen molar-refractivity contribution in [1.29, 1.82) is 0 Å². The Hall–Kier alpha value is -2.14. The Morgan fingerprint density at radius 1 is 1.43 bits per heavy atom. The second kappa shape index (κ2) is 6.10. The predicted octanol–water partition coefficient (Wildman–Crippen LogP) is 1.67. The Labute approximate surface area is 123 Å². The summed E-state index contributed by atoms with van der Waals surface area (Å²) < 4.78 is 5.67. The third-order valence-electron chi connectivity index (χ3n) is 3.67. The highest BCUT2D eigenvalue weighted by atomic mass is 16.4. The molecule has 1 saturated heterocycles. The number of carbonyl (C=O) groups is 1. The van der Waals surface area contributed by atoms with Crippen LogP contribution in [0.25, 0.3) is 11.5 Å². The highest BCUT2D eigenvalue weighted by Gasteiger charge is 2.19. The number of nitrogens with one attached hydrogen (secondary N) is 2. The van der Waals surface area contributed by atoms with Crippen LogP contribution >= 0.6 is 0 Å². The number of oxazole rings is 1. The van der Waals surface area contributed by atoms with Gasteiger partial charge in [0.15, 0.2) is 0 Å². The fourth-order valence-corrected chi connectivity index (χ4v) is 2.50. The molecule has 1 aromatic carbocycles. The minimum Gasteiger partial charge on any atom is -0.441 e. The van der Waals surface area contributed by atoms with Crippen molar-refractivity contribution in [2.24, 2.45) is 0 Å². The summed E-state index contributed by atoms with van der Waals surface area (Å²) in [6.07, 6.45) is 1.25. The summed E-state index contributed by atoms with van der Waals surface area (Å²) in [7, 11) is 0. The second-order valence-electron chi connectivity index (χ2n) is 5.32. The number of carbonyl (C=O) groups excluding carboxylic acids is 1. The summed E-state index contributed by atoms with van der Waals surface area (Å²) in [6.45, 7) is 3.66. The summed E-state index contributed by atoms with van der Waals surface area (Å²) >= 11 is 0. The highest BCUT2D eigenvalue weighted by molar-refractivity contribution is 5.78. The van der Waals surface area contributed by atoms with Crippen LogP contribution in [-0.2, 0) is 11.2 Å². The predicted molar refractivity (Wildman–Crippen MR) is 79.8 cm³/mol. The van der Waals surface area contributed by atoms with Crippen LogP contribution in [-0.4, -0.2) is 30.0 Å². The largest absolute Gasteiger partial charge is 0.441 e. The molecular formula is C16H19N3O2. The SMILES string of the molecule is Cc1oc(-c2ccccc2)nc1CC(=O)NC1CCNC1. The molecular weight excluding hydrogens is 266 g/mol. The molecule has 5 heteroatoms. The Morgan fingerprint density at radius 2 is 2.24 bits per heavy atom. The van der Waals surface area contributed by atoms with E-state index in [1.165, 1.54) is 0 Å². The average Bonchev–Trinajstić information content (AvgIpc) is 3.11. The molecule has 2 heterocycles. The quantitative estimate of drug-likeness (QED) is 0.896. The van der Waals surface area contributed by atoms with Crippen LogP contribution < -0.4 is 10.6 Å². The van der Waals surface area contributed by atoms with Gasteiger partial charge >= 0.3 is 0 Å². The minimum absolute atomic E-state index is 0.000267. The summed E-state index contributed by atoms with van der Waals surface area (Å²) in [5, 5.41) is 6.25. The first-order valence-corrected chi connectivity index (χ1v) is 7.24. The van der Waals surface area contributed by atoms with Crippen molar-refractivity contribution in [3.63, 3.8) is 0 Å². The first kappa shape index (κ1) is 13.8. The van der Waals surface area contributed by atoms with Crippen molar-refractivity contribution < 1.29 is 9.21 Å². The minimum atomic E-state index is -0.000267. The van der Waals surface area contributed by atoms with Crippen molar-refractivity contribution >= 4 is 5.91 Å². The van der Waals surface area contributed by atoms with Gasteiger partial charge in [0.05, 0.1) is 12.1 Å². The molecule has 110 valence electrons. The van der Waals surface area contributed by atoms with E-state index >= 15 is 0 Å². The maximum atomic E-state index is 12.0. The lowest BCUT2D eigenvalue weighted by Crippen LogP contribution is -2.37. The van der Waals surface area contributed by atoms with E-state index in [0.717, 1.165) is 25.1 Å². The van der Waals surface area contributed by atoms with E-state index < -0.39 is 0 Å². The van der Waals surface area contributed by atoms with Gasteiger partial charge in [-0.05, 0) is 32.0 Å². The van der Waals surface area contributed by atoms with Crippen LogP contribution in [0.5, 0.6) is 0 Å². The van der Waals surface area contributed by atoms with E-state index in [1.54, 1.807) is 0 Å². The van der Waals surface area contributed by atoms with Gasteiger partial charge in [-0.25, -0.2) is 4.98 Å². The van der Waals surface area contributed by atoms with E-state index in [-0.39, 0.29) is 18.4 Å². The lowest BCUT2D eigenvalue weighted by atomic mass is 10.2. The zero-order chi connectivity index (χ0) is 14.7. The van der Waals surface area contributed by atoms with Gasteiger partial charge in [0.1, 0.15) is 5.76 Å². The molecule has 1 fully saturated rings. The molecule has 3 rings (SSSR count). The molecule has 2 aromatic rings. The van der Waals surface area contributed by atoms with Gasteiger partial charge in [0.25, 0.3) is 0 Å². The fourth-order valence-electron chi connectivity index (χ4n) is 2.50. The maximum absolute atomic E-state index is 12.0. The van der Waals surface area contributed by atoms with Crippen molar-refractivity contribution in [3.8, 4) is 11.5 Å². The average molecular weight is 285 g/mol. The first-order valence-electron chi connectivity index (χ1n) is 7.24. The number of rotatable bonds is 4. The van der Waals surface area contributed by atoms with Crippen LogP contribution in [0, 0.1) is 6.92 Å². The zero-order valence-corrected chi connectivity index (χ0v) is 12.1. The molecule has 0 aliphatic carbocycles. The number of nitrogens with zero attached hydrogens (tertiary/aromatic N) is 1. The number of aromatic nitrogens is 1. The van der Waals surface area contributed by atoms with Crippen molar-refractivity contribution in [3.05, 3.63) is 41.8 Å². The van der Waals surface area contributed by atoms with E-state index in [4.69, 9.17) is 4.42 Å². The van der Waals surface area contributed by atoms with Gasteiger partial charge in [0, 0.05) is 18.2 Å². The first-order chi connectivity index (χ1) is 10.2. The van der Waals surface area contributed by atoms with E-state index in [0.29, 0.717) is 17.3 Å². The van der Waals surface area contributed by atoms with Gasteiger partial charge in [-0.3, -0.25) is 4.79 Å². The van der Waals surface area contributed by atoms with E-state index in [1.807, 2.05) is 37.3 Å². The van der Waals surface area contributed by atoms with E-state index in [2.05, 4.69) is 15.6 Å². The smallest absolute Gasteiger partial charge is 0.226 e. The molecule has 0 radical (unpaired) electrons. The molecule has 1 aromatic heterocycles. The Bertz CT molecular complexity index is 616. The van der Waals surface area contributed by atoms with Crippen LogP contribution in [0.3, 0.4) is 0 Å². The third-order valence-corrected chi connectivity index (χ3v) is 3.67. The molecule has 2 N–H and O–H groups in total. The summed E-state index contributed by atoms with van der Waals surface area (Å²) in [4.78, 5) is 16.5. The monoisotopic (exact) mass is 285 g/mol. The molecule has 5 nitrogen and oxygen atoms in total. The summed E-state index contributed by atoms with van der Waals surface area (Å²) in [6, 6.07) is 9.95. The molecule has 1 amide bonds. The molecule has 0 saturated carbocycles. The van der Waals surface area contributed by atoms with Crippen LogP contribution in [0.4, 0.5) is 0 Å². The van der Waals surface area contributed by atoms with Gasteiger partial charge in [0.2, 0.25) is 11.8 Å². The molecule has 1 aliphatic rings. The third kappa shape index (κ3) is 3.31. The zero-order valence-electron chi connectivity index (χ0n) is 12.1. The number of amides is 1. The summed E-state index contributed by atoms with van der Waals surface area (Å²) in [5.74, 6) is 1.27. The fraction of sp³-hybridized carbons (Fsp3) is 0.375. The number of hydrogen-bond donors (Lipinski definition) is 2. The van der Waals surface area contributed by atoms with Gasteiger partial charge in [-0.2, -0.15) is 0 Å². The van der Waals surface area contributed by atoms with Crippen molar-refractivity contribution in [2.45, 2.75) is 25.8 Å². The molecule has 1 atom stereocenters. The van der Waals surface area contributed by atoms with Crippen LogP contribution in [0.15, 0.2) is 34.7 Å². The van der Waals surface area contributed by atoms with Gasteiger partial charge < -0.3 is 15.1 Å². The standard InChI is InChI=1S/C16H19N3O2/c1-11-14(9-15(20)18-13-7-8-17-10-13)19-16(21-11)12-5-3-2-4-6-12/h2-6,13,17H,7-10H2,1H3,(H,18,20). The Morgan fingerprint density at radius 3 is 2.95 bits per heavy atom. The molecule has 0 spiro atoms. The summed E-state index contributed by atoms with van der Waals surface area (Å²) in [5.41, 5.74) is 1.63. The van der Waals surface area contributed by atoms with Gasteiger partial charge in [-0.1, -0.05) is 18.2 Å². The molecule has 1 unspecified atom stereocenters. The Balaban J connectivity index is 1.68.